The molecule has 0 aliphatic carbocycles. The molecule has 1 N–H and O–H groups in total. The van der Waals surface area contributed by atoms with Gasteiger partial charge in [0.15, 0.2) is 0 Å². The topological polar surface area (TPSA) is 34.1 Å². The highest BCUT2D eigenvalue weighted by molar-refractivity contribution is 7.12. The van der Waals surface area contributed by atoms with Crippen LogP contribution in [0, 0.1) is 6.92 Å². The number of thiazole rings is 1. The normalized spacial score (nSPS) is 13.2. The van der Waals surface area contributed by atoms with Crippen molar-refractivity contribution >= 4 is 17.2 Å². The standard InChI is InChI=1S/C14H16N2OS/c1-10-2-4-11(5-3-10)17-9-7-13-16-14-12(18-13)6-8-15-14/h2-5,15H,6-9H2,1H3. The van der Waals surface area contributed by atoms with Crippen LogP contribution in [0.25, 0.3) is 0 Å². The Labute approximate surface area is 111 Å². The first kappa shape index (κ1) is 11.5. The lowest BCUT2D eigenvalue weighted by atomic mass is 10.2. The summed E-state index contributed by atoms with van der Waals surface area (Å²) in [6, 6.07) is 8.16. The van der Waals surface area contributed by atoms with Crippen LogP contribution in [0.2, 0.25) is 0 Å². The van der Waals surface area contributed by atoms with Gasteiger partial charge in [0.05, 0.1) is 16.5 Å². The van der Waals surface area contributed by atoms with E-state index in [0.717, 1.165) is 31.0 Å². The Kier molecular flexibility index (Phi) is 3.19. The van der Waals surface area contributed by atoms with Crippen LogP contribution in [-0.2, 0) is 12.8 Å². The monoisotopic (exact) mass is 260 g/mol. The maximum Gasteiger partial charge on any atom is 0.140 e. The Balaban J connectivity index is 1.53. The summed E-state index contributed by atoms with van der Waals surface area (Å²) in [6.07, 6.45) is 2.00. The molecule has 0 radical (unpaired) electrons. The van der Waals surface area contributed by atoms with Crippen LogP contribution in [0.3, 0.4) is 0 Å². The smallest absolute Gasteiger partial charge is 0.140 e. The molecule has 94 valence electrons. The fourth-order valence-corrected chi connectivity index (χ4v) is 3.03. The first-order chi connectivity index (χ1) is 8.81. The minimum absolute atomic E-state index is 0.690. The predicted octanol–water partition coefficient (Wildman–Crippen LogP) is 3.04. The minimum atomic E-state index is 0.690. The molecule has 0 saturated carbocycles. The van der Waals surface area contributed by atoms with Crippen molar-refractivity contribution in [3.8, 4) is 5.75 Å². The van der Waals surface area contributed by atoms with Crippen LogP contribution in [0.4, 0.5) is 5.82 Å². The highest BCUT2D eigenvalue weighted by atomic mass is 32.1. The van der Waals surface area contributed by atoms with E-state index < -0.39 is 0 Å². The number of ether oxygens (including phenoxy) is 1. The molecule has 18 heavy (non-hydrogen) atoms. The van der Waals surface area contributed by atoms with Crippen LogP contribution in [-0.4, -0.2) is 18.1 Å². The van der Waals surface area contributed by atoms with Crippen molar-refractivity contribution < 1.29 is 4.74 Å². The number of aryl methyl sites for hydroxylation is 1. The fourth-order valence-electron chi connectivity index (χ4n) is 2.00. The number of hydrogen-bond donors (Lipinski definition) is 1. The quantitative estimate of drug-likeness (QED) is 0.917. The van der Waals surface area contributed by atoms with Gasteiger partial charge >= 0.3 is 0 Å². The molecule has 0 saturated heterocycles. The van der Waals surface area contributed by atoms with Gasteiger partial charge in [-0.2, -0.15) is 0 Å². The number of fused-ring (bicyclic) bond motifs is 1. The average molecular weight is 260 g/mol. The van der Waals surface area contributed by atoms with Crippen LogP contribution in [0.15, 0.2) is 24.3 Å². The number of aromatic nitrogens is 1. The Morgan fingerprint density at radius 3 is 2.94 bits per heavy atom. The lowest BCUT2D eigenvalue weighted by Crippen LogP contribution is -2.02. The van der Waals surface area contributed by atoms with Gasteiger partial charge in [0.25, 0.3) is 0 Å². The van der Waals surface area contributed by atoms with E-state index in [4.69, 9.17) is 4.74 Å². The van der Waals surface area contributed by atoms with Crippen LogP contribution < -0.4 is 10.1 Å². The maximum atomic E-state index is 5.71. The minimum Gasteiger partial charge on any atom is -0.493 e. The third-order valence-electron chi connectivity index (χ3n) is 2.99. The van der Waals surface area contributed by atoms with E-state index in [-0.39, 0.29) is 0 Å². The Morgan fingerprint density at radius 1 is 1.33 bits per heavy atom. The highest BCUT2D eigenvalue weighted by Gasteiger charge is 2.15. The molecule has 2 heterocycles. The molecule has 3 rings (SSSR count). The molecule has 0 bridgehead atoms. The Morgan fingerprint density at radius 2 is 2.17 bits per heavy atom. The Hall–Kier alpha value is -1.55. The molecule has 1 aromatic heterocycles. The number of nitrogens with one attached hydrogen (secondary N) is 1. The molecule has 0 amide bonds. The van der Waals surface area contributed by atoms with Crippen LogP contribution in [0.5, 0.6) is 5.75 Å². The number of anilines is 1. The van der Waals surface area contributed by atoms with Crippen molar-refractivity contribution in [2.45, 2.75) is 19.8 Å². The molecule has 0 spiro atoms. The van der Waals surface area contributed by atoms with Gasteiger partial charge in [-0.1, -0.05) is 17.7 Å². The molecule has 1 aromatic carbocycles. The molecule has 1 aliphatic rings. The van der Waals surface area contributed by atoms with E-state index in [1.165, 1.54) is 15.4 Å². The molecule has 3 nitrogen and oxygen atoms in total. The predicted molar refractivity (Wildman–Crippen MR) is 74.7 cm³/mol. The van der Waals surface area contributed by atoms with Crippen molar-refractivity contribution in [2.24, 2.45) is 0 Å². The number of rotatable bonds is 4. The lowest BCUT2D eigenvalue weighted by Gasteiger charge is -2.04. The van der Waals surface area contributed by atoms with Gasteiger partial charge in [-0.15, -0.1) is 11.3 Å². The summed E-state index contributed by atoms with van der Waals surface area (Å²) in [6.45, 7) is 3.80. The lowest BCUT2D eigenvalue weighted by molar-refractivity contribution is 0.322. The summed E-state index contributed by atoms with van der Waals surface area (Å²) in [5, 5.41) is 4.46. The first-order valence-electron chi connectivity index (χ1n) is 6.23. The summed E-state index contributed by atoms with van der Waals surface area (Å²) < 4.78 is 5.71. The van der Waals surface area contributed by atoms with Gasteiger partial charge < -0.3 is 10.1 Å². The van der Waals surface area contributed by atoms with Gasteiger partial charge in [-0.05, 0) is 19.1 Å². The second kappa shape index (κ2) is 4.98. The molecular weight excluding hydrogens is 244 g/mol. The molecule has 0 atom stereocenters. The summed E-state index contributed by atoms with van der Waals surface area (Å²) in [7, 11) is 0. The second-order valence-electron chi connectivity index (χ2n) is 4.47. The van der Waals surface area contributed by atoms with Crippen molar-refractivity contribution in [3.05, 3.63) is 39.7 Å². The summed E-state index contributed by atoms with van der Waals surface area (Å²) >= 11 is 1.81. The number of nitrogens with zero attached hydrogens (tertiary/aromatic N) is 1. The van der Waals surface area contributed by atoms with Crippen molar-refractivity contribution in [1.29, 1.82) is 0 Å². The van der Waals surface area contributed by atoms with E-state index in [2.05, 4.69) is 29.4 Å². The molecule has 0 fully saturated rings. The van der Waals surface area contributed by atoms with E-state index in [0.29, 0.717) is 6.61 Å². The molecule has 0 unspecified atom stereocenters. The van der Waals surface area contributed by atoms with Crippen molar-refractivity contribution in [2.75, 3.05) is 18.5 Å². The van der Waals surface area contributed by atoms with E-state index in [1.54, 1.807) is 11.3 Å². The SMILES string of the molecule is Cc1ccc(OCCc2nc3c(s2)CCN3)cc1. The van der Waals surface area contributed by atoms with E-state index >= 15 is 0 Å². The van der Waals surface area contributed by atoms with Gasteiger partial charge in [-0.3, -0.25) is 0 Å². The van der Waals surface area contributed by atoms with Gasteiger partial charge in [0, 0.05) is 19.4 Å². The number of benzene rings is 1. The molecule has 2 aromatic rings. The molecule has 1 aliphatic heterocycles. The largest absolute Gasteiger partial charge is 0.493 e. The second-order valence-corrected chi connectivity index (χ2v) is 5.64. The summed E-state index contributed by atoms with van der Waals surface area (Å²) in [4.78, 5) is 5.95. The van der Waals surface area contributed by atoms with E-state index in [1.807, 2.05) is 12.1 Å². The first-order valence-corrected chi connectivity index (χ1v) is 7.05. The summed E-state index contributed by atoms with van der Waals surface area (Å²) in [5.41, 5.74) is 1.25. The van der Waals surface area contributed by atoms with Crippen LogP contribution in [0.1, 0.15) is 15.4 Å². The zero-order valence-electron chi connectivity index (χ0n) is 10.4. The van der Waals surface area contributed by atoms with Crippen molar-refractivity contribution in [1.82, 2.24) is 4.98 Å². The van der Waals surface area contributed by atoms with Crippen LogP contribution >= 0.6 is 11.3 Å². The van der Waals surface area contributed by atoms with Crippen molar-refractivity contribution in [3.63, 3.8) is 0 Å². The van der Waals surface area contributed by atoms with E-state index in [9.17, 15) is 0 Å². The third-order valence-corrected chi connectivity index (χ3v) is 4.17. The molecule has 4 heteroatoms. The molecular formula is C14H16N2OS. The maximum absolute atomic E-state index is 5.71. The van der Waals surface area contributed by atoms with Gasteiger partial charge in [0.2, 0.25) is 0 Å². The average Bonchev–Trinajstić information content (AvgIpc) is 2.92. The third kappa shape index (κ3) is 2.48. The Bertz CT molecular complexity index is 512. The fraction of sp³-hybridized carbons (Fsp3) is 0.357. The highest BCUT2D eigenvalue weighted by Crippen LogP contribution is 2.28. The number of hydrogen-bond acceptors (Lipinski definition) is 4. The zero-order chi connectivity index (χ0) is 12.4. The van der Waals surface area contributed by atoms with Gasteiger partial charge in [0.1, 0.15) is 11.6 Å². The zero-order valence-corrected chi connectivity index (χ0v) is 11.2. The van der Waals surface area contributed by atoms with Gasteiger partial charge in [-0.25, -0.2) is 4.98 Å². The summed E-state index contributed by atoms with van der Waals surface area (Å²) in [5.74, 6) is 2.02.